The second kappa shape index (κ2) is 7.47. The highest BCUT2D eigenvalue weighted by Gasteiger charge is 2.34. The van der Waals surface area contributed by atoms with Gasteiger partial charge in [0.25, 0.3) is 0 Å². The van der Waals surface area contributed by atoms with E-state index in [1.54, 1.807) is 6.07 Å². The zero-order valence-corrected chi connectivity index (χ0v) is 15.3. The van der Waals surface area contributed by atoms with Crippen LogP contribution >= 0.6 is 11.6 Å². The fourth-order valence-corrected chi connectivity index (χ4v) is 3.70. The van der Waals surface area contributed by atoms with Gasteiger partial charge in [0.05, 0.1) is 0 Å². The monoisotopic (exact) mass is 387 g/mol. The summed E-state index contributed by atoms with van der Waals surface area (Å²) in [7, 11) is 1.53. The van der Waals surface area contributed by atoms with Crippen LogP contribution in [-0.2, 0) is 20.0 Å². The molecule has 1 heterocycles. The van der Waals surface area contributed by atoms with Crippen LogP contribution in [0.15, 0.2) is 23.0 Å². The average molecular weight is 388 g/mol. The van der Waals surface area contributed by atoms with E-state index in [-0.39, 0.29) is 35.9 Å². The number of benzene rings is 1. The maximum absolute atomic E-state index is 14.0. The van der Waals surface area contributed by atoms with Crippen molar-refractivity contribution in [1.29, 1.82) is 0 Å². The molecular formula is C18H21ClF3N3O. The van der Waals surface area contributed by atoms with Crippen molar-refractivity contribution in [2.75, 3.05) is 0 Å². The summed E-state index contributed by atoms with van der Waals surface area (Å²) in [6.07, 6.45) is 1.44. The third kappa shape index (κ3) is 4.14. The van der Waals surface area contributed by atoms with Crippen LogP contribution in [0.4, 0.5) is 13.2 Å². The number of hydrogen-bond donors (Lipinski definition) is 0. The second-order valence-electron chi connectivity index (χ2n) is 6.94. The predicted octanol–water partition coefficient (Wildman–Crippen LogP) is 4.18. The summed E-state index contributed by atoms with van der Waals surface area (Å²) in [6, 6.07) is 4.42. The predicted molar refractivity (Wildman–Crippen MR) is 93.2 cm³/mol. The Bertz CT molecular complexity index is 816. The van der Waals surface area contributed by atoms with Gasteiger partial charge in [-0.2, -0.15) is 5.10 Å². The van der Waals surface area contributed by atoms with E-state index in [4.69, 9.17) is 11.6 Å². The molecule has 0 radical (unpaired) electrons. The molecule has 142 valence electrons. The van der Waals surface area contributed by atoms with Crippen molar-refractivity contribution >= 4 is 11.6 Å². The molecule has 0 N–H and O–H groups in total. The number of halogens is 4. The Hall–Kier alpha value is -1.76. The van der Waals surface area contributed by atoms with Crippen molar-refractivity contribution in [3.63, 3.8) is 0 Å². The summed E-state index contributed by atoms with van der Waals surface area (Å²) in [5.41, 5.74) is -0.00748. The topological polar surface area (TPSA) is 39.8 Å². The van der Waals surface area contributed by atoms with E-state index in [1.807, 2.05) is 0 Å². The van der Waals surface area contributed by atoms with Gasteiger partial charge in [-0.15, -0.1) is 0 Å². The van der Waals surface area contributed by atoms with Gasteiger partial charge in [-0.25, -0.2) is 22.6 Å². The number of hydrogen-bond acceptors (Lipinski definition) is 2. The van der Waals surface area contributed by atoms with E-state index in [2.05, 4.69) is 5.10 Å². The van der Waals surface area contributed by atoms with Crippen molar-refractivity contribution in [2.24, 2.45) is 13.0 Å². The Balaban J connectivity index is 1.75. The molecule has 0 spiro atoms. The zero-order valence-electron chi connectivity index (χ0n) is 14.5. The first-order chi connectivity index (χ1) is 12.3. The molecule has 4 nitrogen and oxygen atoms in total. The summed E-state index contributed by atoms with van der Waals surface area (Å²) in [6.45, 7) is 0.379. The largest absolute Gasteiger partial charge is 0.345 e. The summed E-state index contributed by atoms with van der Waals surface area (Å²) >= 11 is 6.07. The lowest BCUT2D eigenvalue weighted by molar-refractivity contribution is -0.0468. The van der Waals surface area contributed by atoms with Crippen LogP contribution in [0.25, 0.3) is 0 Å². The molecule has 2 aromatic rings. The van der Waals surface area contributed by atoms with Crippen LogP contribution in [0, 0.1) is 11.7 Å². The Morgan fingerprint density at radius 2 is 2.00 bits per heavy atom. The van der Waals surface area contributed by atoms with Crippen LogP contribution in [-0.4, -0.2) is 20.3 Å². The van der Waals surface area contributed by atoms with Crippen LogP contribution in [0.1, 0.15) is 43.5 Å². The molecule has 0 amide bonds. The number of aromatic nitrogens is 3. The molecule has 26 heavy (non-hydrogen) atoms. The maximum Gasteiger partial charge on any atom is 0.345 e. The molecule has 0 unspecified atom stereocenters. The van der Waals surface area contributed by atoms with E-state index in [1.165, 1.54) is 28.4 Å². The van der Waals surface area contributed by atoms with Crippen molar-refractivity contribution in [3.8, 4) is 0 Å². The van der Waals surface area contributed by atoms with Crippen molar-refractivity contribution < 1.29 is 13.2 Å². The lowest BCUT2D eigenvalue weighted by atomic mass is 9.85. The van der Waals surface area contributed by atoms with Gasteiger partial charge in [-0.05, 0) is 37.3 Å². The van der Waals surface area contributed by atoms with Crippen molar-refractivity contribution in [2.45, 2.75) is 51.0 Å². The van der Waals surface area contributed by atoms with Gasteiger partial charge in [0.15, 0.2) is 0 Å². The Morgan fingerprint density at radius 1 is 1.31 bits per heavy atom. The number of aryl methyl sites for hydroxylation is 1. The molecule has 0 atom stereocenters. The summed E-state index contributed by atoms with van der Waals surface area (Å²) < 4.78 is 43.3. The SMILES string of the molecule is Cn1nc(Cc2c(F)cccc2Cl)n(CCC2CCC(F)(F)CC2)c1=O. The minimum atomic E-state index is -2.56. The van der Waals surface area contributed by atoms with E-state index < -0.39 is 11.7 Å². The third-order valence-corrected chi connectivity index (χ3v) is 5.43. The summed E-state index contributed by atoms with van der Waals surface area (Å²) in [4.78, 5) is 12.3. The zero-order chi connectivity index (χ0) is 18.9. The first-order valence-electron chi connectivity index (χ1n) is 8.70. The molecule has 3 rings (SSSR count). The fourth-order valence-electron chi connectivity index (χ4n) is 3.47. The van der Waals surface area contributed by atoms with E-state index in [0.29, 0.717) is 37.2 Å². The fraction of sp³-hybridized carbons (Fsp3) is 0.556. The van der Waals surface area contributed by atoms with Gasteiger partial charge >= 0.3 is 5.69 Å². The molecule has 1 aliphatic carbocycles. The molecular weight excluding hydrogens is 367 g/mol. The molecule has 1 aromatic carbocycles. The standard InChI is InChI=1S/C18H21ClF3N3O/c1-24-17(26)25(10-7-12-5-8-18(21,22)9-6-12)16(23-24)11-13-14(19)3-2-4-15(13)20/h2-4,12H,5-11H2,1H3. The minimum Gasteiger partial charge on any atom is -0.279 e. The molecule has 0 bridgehead atoms. The van der Waals surface area contributed by atoms with Gasteiger partial charge in [0.1, 0.15) is 11.6 Å². The van der Waals surface area contributed by atoms with Gasteiger partial charge in [-0.3, -0.25) is 4.57 Å². The van der Waals surface area contributed by atoms with Crippen LogP contribution in [0.2, 0.25) is 5.02 Å². The van der Waals surface area contributed by atoms with Crippen LogP contribution < -0.4 is 5.69 Å². The highest BCUT2D eigenvalue weighted by Crippen LogP contribution is 2.37. The van der Waals surface area contributed by atoms with E-state index >= 15 is 0 Å². The Morgan fingerprint density at radius 3 is 2.65 bits per heavy atom. The first kappa shape index (κ1) is 19.0. The number of nitrogens with zero attached hydrogens (tertiary/aromatic N) is 3. The molecule has 1 fully saturated rings. The normalized spacial score (nSPS) is 17.6. The van der Waals surface area contributed by atoms with Crippen molar-refractivity contribution in [1.82, 2.24) is 14.3 Å². The first-order valence-corrected chi connectivity index (χ1v) is 9.08. The molecule has 0 aliphatic heterocycles. The molecule has 1 aliphatic rings. The average Bonchev–Trinajstić information content (AvgIpc) is 2.84. The van der Waals surface area contributed by atoms with Crippen LogP contribution in [0.5, 0.6) is 0 Å². The highest BCUT2D eigenvalue weighted by atomic mass is 35.5. The summed E-state index contributed by atoms with van der Waals surface area (Å²) in [5, 5.41) is 4.48. The third-order valence-electron chi connectivity index (χ3n) is 5.08. The molecule has 1 aromatic heterocycles. The van der Waals surface area contributed by atoms with Crippen LogP contribution in [0.3, 0.4) is 0 Å². The van der Waals surface area contributed by atoms with Gasteiger partial charge < -0.3 is 0 Å². The van der Waals surface area contributed by atoms with Crippen molar-refractivity contribution in [3.05, 3.63) is 50.9 Å². The second-order valence-corrected chi connectivity index (χ2v) is 7.35. The molecule has 0 saturated heterocycles. The number of rotatable bonds is 5. The smallest absolute Gasteiger partial charge is 0.279 e. The Labute approximate surface area is 154 Å². The minimum absolute atomic E-state index is 0.0999. The quantitative estimate of drug-likeness (QED) is 0.772. The Kier molecular flexibility index (Phi) is 5.46. The number of alkyl halides is 2. The molecule has 1 saturated carbocycles. The van der Waals surface area contributed by atoms with Gasteiger partial charge in [-0.1, -0.05) is 17.7 Å². The lowest BCUT2D eigenvalue weighted by Gasteiger charge is -2.28. The highest BCUT2D eigenvalue weighted by molar-refractivity contribution is 6.31. The van der Waals surface area contributed by atoms with E-state index in [9.17, 15) is 18.0 Å². The molecule has 8 heteroatoms. The van der Waals surface area contributed by atoms with Gasteiger partial charge in [0.2, 0.25) is 5.92 Å². The van der Waals surface area contributed by atoms with Gasteiger partial charge in [0, 0.05) is 43.4 Å². The summed E-state index contributed by atoms with van der Waals surface area (Å²) in [5.74, 6) is -2.43. The maximum atomic E-state index is 14.0. The lowest BCUT2D eigenvalue weighted by Crippen LogP contribution is -2.28. The van der Waals surface area contributed by atoms with E-state index in [0.717, 1.165) is 0 Å².